The Morgan fingerprint density at radius 1 is 1.29 bits per heavy atom. The molecule has 0 aliphatic rings. The largest absolute Gasteiger partial charge is 0.478 e. The van der Waals surface area contributed by atoms with Crippen LogP contribution in [0.15, 0.2) is 46.3 Å². The Labute approximate surface area is 120 Å². The summed E-state index contributed by atoms with van der Waals surface area (Å²) in [6, 6.07) is 5.14. The minimum atomic E-state index is -4.10. The molecule has 0 spiro atoms. The third kappa shape index (κ3) is 3.11. The van der Waals surface area contributed by atoms with E-state index >= 15 is 0 Å². The van der Waals surface area contributed by atoms with Crippen LogP contribution >= 0.6 is 0 Å². The molecule has 2 rings (SSSR count). The monoisotopic (exact) mass is 308 g/mol. The molecule has 1 heterocycles. The summed E-state index contributed by atoms with van der Waals surface area (Å²) >= 11 is 0. The lowest BCUT2D eigenvalue weighted by atomic mass is 10.1. The van der Waals surface area contributed by atoms with Crippen molar-refractivity contribution in [1.29, 1.82) is 0 Å². The minimum Gasteiger partial charge on any atom is -0.478 e. The molecule has 21 heavy (non-hydrogen) atoms. The van der Waals surface area contributed by atoms with Crippen LogP contribution < -0.4 is 10.2 Å². The molecule has 0 atom stereocenters. The molecule has 0 amide bonds. The van der Waals surface area contributed by atoms with Crippen molar-refractivity contribution in [2.24, 2.45) is 0 Å². The molecule has 0 saturated carbocycles. The van der Waals surface area contributed by atoms with E-state index in [0.717, 1.165) is 12.3 Å². The van der Waals surface area contributed by atoms with Gasteiger partial charge in [0.05, 0.1) is 11.3 Å². The highest BCUT2D eigenvalue weighted by molar-refractivity contribution is 7.92. The molecule has 3 N–H and O–H groups in total. The number of H-pyrrole nitrogens is 1. The second kappa shape index (κ2) is 5.41. The van der Waals surface area contributed by atoms with E-state index in [0.29, 0.717) is 5.56 Å². The summed E-state index contributed by atoms with van der Waals surface area (Å²) in [5.74, 6) is -1.17. The van der Waals surface area contributed by atoms with Crippen molar-refractivity contribution < 1.29 is 18.3 Å². The number of nitrogens with one attached hydrogen (secondary N) is 2. The zero-order chi connectivity index (χ0) is 15.6. The summed E-state index contributed by atoms with van der Waals surface area (Å²) < 4.78 is 26.6. The van der Waals surface area contributed by atoms with Gasteiger partial charge in [0.25, 0.3) is 10.0 Å². The van der Waals surface area contributed by atoms with E-state index in [1.807, 2.05) is 0 Å². The van der Waals surface area contributed by atoms with Crippen LogP contribution in [0.4, 0.5) is 5.69 Å². The highest BCUT2D eigenvalue weighted by Gasteiger charge is 2.19. The first-order chi connectivity index (χ1) is 9.81. The van der Waals surface area contributed by atoms with E-state index in [1.54, 1.807) is 6.92 Å². The van der Waals surface area contributed by atoms with Crippen molar-refractivity contribution >= 4 is 21.7 Å². The molecule has 0 fully saturated rings. The molecule has 8 heteroatoms. The summed E-state index contributed by atoms with van der Waals surface area (Å²) in [4.78, 5) is 24.6. The molecule has 0 unspecified atom stereocenters. The van der Waals surface area contributed by atoms with Gasteiger partial charge in [-0.2, -0.15) is 0 Å². The normalized spacial score (nSPS) is 11.1. The van der Waals surface area contributed by atoms with Crippen LogP contribution in [-0.4, -0.2) is 24.5 Å². The second-order valence-corrected chi connectivity index (χ2v) is 5.96. The molecule has 0 aliphatic carbocycles. The number of aromatic nitrogens is 1. The average molecular weight is 308 g/mol. The Bertz CT molecular complexity index is 855. The fourth-order valence-corrected chi connectivity index (χ4v) is 2.85. The van der Waals surface area contributed by atoms with Gasteiger partial charge in [0.2, 0.25) is 5.43 Å². The smallest absolute Gasteiger partial charge is 0.335 e. The van der Waals surface area contributed by atoms with Gasteiger partial charge in [0.15, 0.2) is 4.90 Å². The lowest BCUT2D eigenvalue weighted by Crippen LogP contribution is -2.21. The number of aromatic amines is 1. The fourth-order valence-electron chi connectivity index (χ4n) is 1.68. The average Bonchev–Trinajstić information content (AvgIpc) is 2.41. The van der Waals surface area contributed by atoms with E-state index in [2.05, 4.69) is 9.71 Å². The number of carboxylic acid groups (broad SMARTS) is 1. The number of carboxylic acids is 1. The number of rotatable bonds is 4. The van der Waals surface area contributed by atoms with Crippen LogP contribution in [0.2, 0.25) is 0 Å². The predicted molar refractivity (Wildman–Crippen MR) is 76.0 cm³/mol. The minimum absolute atomic E-state index is 0.0553. The van der Waals surface area contributed by atoms with Crippen molar-refractivity contribution in [2.45, 2.75) is 11.8 Å². The molecular weight excluding hydrogens is 296 g/mol. The zero-order valence-electron chi connectivity index (χ0n) is 11.0. The molecule has 1 aromatic carbocycles. The van der Waals surface area contributed by atoms with Gasteiger partial charge in [0, 0.05) is 18.5 Å². The standard InChI is InChI=1S/C13H12N2O5S/c1-8-2-3-9(13(17)18)6-10(8)15-21(19,20)12-7-14-5-4-11(12)16/h2-7,15H,1H3,(H,14,16)(H,17,18). The van der Waals surface area contributed by atoms with E-state index in [-0.39, 0.29) is 11.3 Å². The maximum absolute atomic E-state index is 12.2. The first kappa shape index (κ1) is 14.8. The number of carbonyl (C=O) groups is 1. The van der Waals surface area contributed by atoms with E-state index in [4.69, 9.17) is 5.11 Å². The van der Waals surface area contributed by atoms with Gasteiger partial charge in [-0.25, -0.2) is 13.2 Å². The SMILES string of the molecule is Cc1ccc(C(=O)O)cc1NS(=O)(=O)c1c[nH]ccc1=O. The van der Waals surface area contributed by atoms with Gasteiger partial charge < -0.3 is 10.1 Å². The molecule has 2 aromatic rings. The molecule has 0 bridgehead atoms. The zero-order valence-corrected chi connectivity index (χ0v) is 11.8. The highest BCUT2D eigenvalue weighted by atomic mass is 32.2. The Balaban J connectivity index is 2.47. The number of hydrogen-bond donors (Lipinski definition) is 3. The summed E-state index contributed by atoms with van der Waals surface area (Å²) in [6.45, 7) is 1.62. The van der Waals surface area contributed by atoms with E-state index in [9.17, 15) is 18.0 Å². The number of aromatic carboxylic acids is 1. The molecule has 0 aliphatic heterocycles. The maximum Gasteiger partial charge on any atom is 0.335 e. The van der Waals surface area contributed by atoms with Crippen LogP contribution in [-0.2, 0) is 10.0 Å². The number of aryl methyl sites for hydroxylation is 1. The maximum atomic E-state index is 12.2. The van der Waals surface area contributed by atoms with Crippen molar-refractivity contribution in [3.63, 3.8) is 0 Å². The van der Waals surface area contributed by atoms with Gasteiger partial charge in [-0.3, -0.25) is 9.52 Å². The van der Waals surface area contributed by atoms with Crippen molar-refractivity contribution in [1.82, 2.24) is 4.98 Å². The van der Waals surface area contributed by atoms with Gasteiger partial charge in [-0.1, -0.05) is 6.07 Å². The van der Waals surface area contributed by atoms with Crippen LogP contribution in [0.3, 0.4) is 0 Å². The third-order valence-corrected chi connectivity index (χ3v) is 4.19. The van der Waals surface area contributed by atoms with Crippen molar-refractivity contribution in [3.8, 4) is 0 Å². The Morgan fingerprint density at radius 2 is 2.00 bits per heavy atom. The first-order valence-electron chi connectivity index (χ1n) is 5.85. The van der Waals surface area contributed by atoms with Gasteiger partial charge in [0.1, 0.15) is 0 Å². The van der Waals surface area contributed by atoms with Gasteiger partial charge in [-0.15, -0.1) is 0 Å². The fraction of sp³-hybridized carbons (Fsp3) is 0.0769. The number of pyridine rings is 1. The Kier molecular flexibility index (Phi) is 3.81. The first-order valence-corrected chi connectivity index (χ1v) is 7.33. The summed E-state index contributed by atoms with van der Waals surface area (Å²) in [5.41, 5.74) is -0.0670. The molecule has 0 saturated heterocycles. The second-order valence-electron chi connectivity index (χ2n) is 4.31. The lowest BCUT2D eigenvalue weighted by molar-refractivity contribution is 0.0697. The highest BCUT2D eigenvalue weighted by Crippen LogP contribution is 2.20. The summed E-state index contributed by atoms with van der Waals surface area (Å²) in [5, 5.41) is 8.93. The Hall–Kier alpha value is -2.61. The molecule has 1 aromatic heterocycles. The van der Waals surface area contributed by atoms with Gasteiger partial charge >= 0.3 is 5.97 Å². The van der Waals surface area contributed by atoms with Crippen LogP contribution in [0.25, 0.3) is 0 Å². The number of anilines is 1. The van der Waals surface area contributed by atoms with Crippen LogP contribution in [0.1, 0.15) is 15.9 Å². The molecule has 110 valence electrons. The number of benzene rings is 1. The number of sulfonamides is 1. The quantitative estimate of drug-likeness (QED) is 0.784. The molecule has 7 nitrogen and oxygen atoms in total. The van der Waals surface area contributed by atoms with Crippen molar-refractivity contribution in [3.05, 3.63) is 58.0 Å². The van der Waals surface area contributed by atoms with Crippen molar-refractivity contribution in [2.75, 3.05) is 4.72 Å². The molecule has 0 radical (unpaired) electrons. The van der Waals surface area contributed by atoms with Crippen LogP contribution in [0.5, 0.6) is 0 Å². The molecular formula is C13H12N2O5S. The predicted octanol–water partition coefficient (Wildman–Crippen LogP) is 1.18. The summed E-state index contributed by atoms with van der Waals surface area (Å²) in [7, 11) is -4.10. The summed E-state index contributed by atoms with van der Waals surface area (Å²) in [6.07, 6.45) is 2.39. The lowest BCUT2D eigenvalue weighted by Gasteiger charge is -2.10. The van der Waals surface area contributed by atoms with Gasteiger partial charge in [-0.05, 0) is 24.6 Å². The Morgan fingerprint density at radius 3 is 2.62 bits per heavy atom. The topological polar surface area (TPSA) is 116 Å². The van der Waals surface area contributed by atoms with Crippen LogP contribution in [0, 0.1) is 6.92 Å². The van der Waals surface area contributed by atoms with E-state index < -0.39 is 26.3 Å². The number of hydrogen-bond acceptors (Lipinski definition) is 4. The third-order valence-electron chi connectivity index (χ3n) is 2.81. The van der Waals surface area contributed by atoms with E-state index in [1.165, 1.54) is 24.4 Å².